The molecule has 1 saturated heterocycles. The number of ether oxygens (including phenoxy) is 1. The van der Waals surface area contributed by atoms with Crippen LogP contribution >= 0.6 is 11.6 Å². The zero-order valence-corrected chi connectivity index (χ0v) is 21.6. The standard InChI is InChI=1S/C26H28ClN5O5/c1-26(2,3)37-25(36)29-16-8-6-10-31(14-16)23-18(12-28)17-11-20(24(34)35)30-22(33)21(17)32(23)13-15-7-4-5-9-19(15)27/h4-5,7,9,11,16H,6,8,10,13-14H2,1-3H3,(H,29,36)(H,30,33)(H,34,35)/t16-/m1/s1. The Morgan fingerprint density at radius 3 is 2.70 bits per heavy atom. The molecule has 1 aliphatic rings. The third kappa shape index (κ3) is 5.57. The summed E-state index contributed by atoms with van der Waals surface area (Å²) in [6.07, 6.45) is 0.904. The van der Waals surface area contributed by atoms with Crippen molar-refractivity contribution in [3.8, 4) is 6.07 Å². The van der Waals surface area contributed by atoms with Gasteiger partial charge in [0.1, 0.15) is 34.3 Å². The lowest BCUT2D eigenvalue weighted by molar-refractivity contribution is 0.0499. The summed E-state index contributed by atoms with van der Waals surface area (Å²) in [6, 6.07) is 10.4. The maximum atomic E-state index is 13.1. The lowest BCUT2D eigenvalue weighted by Gasteiger charge is -2.35. The van der Waals surface area contributed by atoms with Gasteiger partial charge in [0.05, 0.1) is 6.54 Å². The van der Waals surface area contributed by atoms with E-state index in [1.165, 1.54) is 6.07 Å². The van der Waals surface area contributed by atoms with Gasteiger partial charge in [0.2, 0.25) is 0 Å². The summed E-state index contributed by atoms with van der Waals surface area (Å²) in [7, 11) is 0. The molecule has 3 aromatic rings. The second-order valence-electron chi connectivity index (χ2n) is 10.00. The molecule has 0 saturated carbocycles. The molecule has 0 unspecified atom stereocenters. The number of carbonyl (C=O) groups excluding carboxylic acids is 1. The Labute approximate surface area is 218 Å². The number of nitrogens with one attached hydrogen (secondary N) is 2. The average Bonchev–Trinajstić information content (AvgIpc) is 3.13. The van der Waals surface area contributed by atoms with Crippen molar-refractivity contribution in [1.29, 1.82) is 5.26 Å². The van der Waals surface area contributed by atoms with E-state index in [0.717, 1.165) is 12.0 Å². The number of amides is 1. The van der Waals surface area contributed by atoms with Crippen LogP contribution < -0.4 is 15.8 Å². The van der Waals surface area contributed by atoms with Crippen LogP contribution in [0.25, 0.3) is 10.9 Å². The number of nitriles is 1. The number of halogens is 1. The number of pyridine rings is 1. The Balaban J connectivity index is 1.82. The van der Waals surface area contributed by atoms with Crippen LogP contribution in [0.15, 0.2) is 35.1 Å². The molecule has 11 heteroatoms. The molecule has 194 valence electrons. The van der Waals surface area contributed by atoms with E-state index in [0.29, 0.717) is 30.4 Å². The minimum atomic E-state index is -1.30. The molecular formula is C26H28ClN5O5. The number of fused-ring (bicyclic) bond motifs is 1. The molecular weight excluding hydrogens is 498 g/mol. The number of hydrogen-bond acceptors (Lipinski definition) is 6. The number of aromatic nitrogens is 2. The Morgan fingerprint density at radius 1 is 1.32 bits per heavy atom. The SMILES string of the molecule is CC(C)(C)OC(=O)N[C@@H]1CCCN(c2c(C#N)c3cc(C(=O)O)[nH]c(=O)c3n2Cc2ccccc2Cl)C1. The molecule has 2 aromatic heterocycles. The Bertz CT molecular complexity index is 1460. The van der Waals surface area contributed by atoms with Crippen LogP contribution in [0.2, 0.25) is 5.02 Å². The molecule has 1 aliphatic heterocycles. The fourth-order valence-corrected chi connectivity index (χ4v) is 4.83. The first-order chi connectivity index (χ1) is 17.5. The lowest BCUT2D eigenvalue weighted by atomic mass is 10.1. The van der Waals surface area contributed by atoms with Crippen molar-refractivity contribution < 1.29 is 19.4 Å². The number of alkyl carbamates (subject to hydrolysis) is 1. The van der Waals surface area contributed by atoms with Crippen molar-refractivity contribution in [3.63, 3.8) is 0 Å². The van der Waals surface area contributed by atoms with Crippen LogP contribution in [-0.2, 0) is 11.3 Å². The van der Waals surface area contributed by atoms with E-state index < -0.39 is 23.2 Å². The fourth-order valence-electron chi connectivity index (χ4n) is 4.64. The van der Waals surface area contributed by atoms with Gasteiger partial charge in [-0.2, -0.15) is 5.26 Å². The van der Waals surface area contributed by atoms with Crippen molar-refractivity contribution in [1.82, 2.24) is 14.9 Å². The number of piperidine rings is 1. The van der Waals surface area contributed by atoms with Crippen molar-refractivity contribution >= 4 is 40.4 Å². The predicted octanol–water partition coefficient (Wildman–Crippen LogP) is 4.09. The van der Waals surface area contributed by atoms with Crippen molar-refractivity contribution in [2.24, 2.45) is 0 Å². The maximum Gasteiger partial charge on any atom is 0.407 e. The zero-order chi connectivity index (χ0) is 26.9. The van der Waals surface area contributed by atoms with E-state index >= 15 is 0 Å². The molecule has 1 atom stereocenters. The first kappa shape index (κ1) is 26.1. The van der Waals surface area contributed by atoms with Gasteiger partial charge in [-0.25, -0.2) is 9.59 Å². The van der Waals surface area contributed by atoms with Gasteiger partial charge < -0.3 is 29.6 Å². The quantitative estimate of drug-likeness (QED) is 0.455. The molecule has 10 nitrogen and oxygen atoms in total. The molecule has 1 aromatic carbocycles. The van der Waals surface area contributed by atoms with Gasteiger partial charge in [0.15, 0.2) is 0 Å². The first-order valence-corrected chi connectivity index (χ1v) is 12.3. The summed E-state index contributed by atoms with van der Waals surface area (Å²) < 4.78 is 7.10. The monoisotopic (exact) mass is 525 g/mol. The predicted molar refractivity (Wildman–Crippen MR) is 139 cm³/mol. The minimum Gasteiger partial charge on any atom is -0.477 e. The van der Waals surface area contributed by atoms with Crippen LogP contribution in [0, 0.1) is 11.3 Å². The Kier molecular flexibility index (Phi) is 7.18. The second-order valence-corrected chi connectivity index (χ2v) is 10.4. The highest BCUT2D eigenvalue weighted by Gasteiger charge is 2.30. The van der Waals surface area contributed by atoms with Gasteiger partial charge in [-0.3, -0.25) is 4.79 Å². The average molecular weight is 526 g/mol. The summed E-state index contributed by atoms with van der Waals surface area (Å²) in [5.74, 6) is -0.830. The van der Waals surface area contributed by atoms with E-state index in [2.05, 4.69) is 16.4 Å². The smallest absolute Gasteiger partial charge is 0.407 e. The van der Waals surface area contributed by atoms with Gasteiger partial charge in [-0.05, 0) is 51.3 Å². The number of carbonyl (C=O) groups is 2. The molecule has 4 rings (SSSR count). The summed E-state index contributed by atoms with van der Waals surface area (Å²) in [4.78, 5) is 41.5. The third-order valence-corrected chi connectivity index (χ3v) is 6.46. The van der Waals surface area contributed by atoms with Gasteiger partial charge in [-0.1, -0.05) is 29.8 Å². The molecule has 0 spiro atoms. The summed E-state index contributed by atoms with van der Waals surface area (Å²) in [5.41, 5.74) is -0.471. The first-order valence-electron chi connectivity index (χ1n) is 11.9. The van der Waals surface area contributed by atoms with Crippen LogP contribution in [0.1, 0.15) is 55.2 Å². The Hall–Kier alpha value is -3.97. The largest absolute Gasteiger partial charge is 0.477 e. The van der Waals surface area contributed by atoms with E-state index in [1.807, 2.05) is 17.0 Å². The fraction of sp³-hybridized carbons (Fsp3) is 0.385. The summed E-state index contributed by atoms with van der Waals surface area (Å²) >= 11 is 6.43. The van der Waals surface area contributed by atoms with Gasteiger partial charge >= 0.3 is 12.1 Å². The number of benzene rings is 1. The molecule has 0 radical (unpaired) electrons. The topological polar surface area (TPSA) is 140 Å². The summed E-state index contributed by atoms with van der Waals surface area (Å²) in [5, 5.41) is 23.3. The second kappa shape index (κ2) is 10.2. The molecule has 0 bridgehead atoms. The number of hydrogen-bond donors (Lipinski definition) is 3. The summed E-state index contributed by atoms with van der Waals surface area (Å²) in [6.45, 7) is 6.49. The number of rotatable bonds is 5. The molecule has 3 N–H and O–H groups in total. The van der Waals surface area contributed by atoms with E-state index in [-0.39, 0.29) is 34.7 Å². The van der Waals surface area contributed by atoms with Crippen molar-refractivity contribution in [2.45, 2.75) is 51.8 Å². The lowest BCUT2D eigenvalue weighted by Crippen LogP contribution is -2.49. The third-order valence-electron chi connectivity index (χ3n) is 6.10. The highest BCUT2D eigenvalue weighted by Crippen LogP contribution is 2.34. The van der Waals surface area contributed by atoms with E-state index in [4.69, 9.17) is 16.3 Å². The maximum absolute atomic E-state index is 13.1. The van der Waals surface area contributed by atoms with Crippen LogP contribution in [0.4, 0.5) is 10.6 Å². The molecule has 1 fully saturated rings. The van der Waals surface area contributed by atoms with Crippen LogP contribution in [0.5, 0.6) is 0 Å². The van der Waals surface area contributed by atoms with E-state index in [1.54, 1.807) is 37.5 Å². The van der Waals surface area contributed by atoms with Crippen LogP contribution in [0.3, 0.4) is 0 Å². The normalized spacial score (nSPS) is 15.9. The molecule has 0 aliphatic carbocycles. The number of carboxylic acids is 1. The van der Waals surface area contributed by atoms with Crippen molar-refractivity contribution in [3.05, 3.63) is 62.5 Å². The van der Waals surface area contributed by atoms with Crippen molar-refractivity contribution in [2.75, 3.05) is 18.0 Å². The van der Waals surface area contributed by atoms with Gasteiger partial charge in [0.25, 0.3) is 5.56 Å². The number of carboxylic acid groups (broad SMARTS) is 1. The zero-order valence-electron chi connectivity index (χ0n) is 20.8. The highest BCUT2D eigenvalue weighted by atomic mass is 35.5. The number of H-pyrrole nitrogens is 1. The molecule has 3 heterocycles. The number of anilines is 1. The minimum absolute atomic E-state index is 0.179. The highest BCUT2D eigenvalue weighted by molar-refractivity contribution is 6.31. The number of aromatic amines is 1. The Morgan fingerprint density at radius 2 is 2.05 bits per heavy atom. The van der Waals surface area contributed by atoms with E-state index in [9.17, 15) is 24.8 Å². The van der Waals surface area contributed by atoms with Crippen LogP contribution in [-0.4, -0.2) is 51.5 Å². The van der Waals surface area contributed by atoms with Gasteiger partial charge in [0, 0.05) is 29.5 Å². The number of nitrogens with zero attached hydrogens (tertiary/aromatic N) is 3. The molecule has 1 amide bonds. The number of aromatic carboxylic acids is 1. The molecule has 37 heavy (non-hydrogen) atoms. The van der Waals surface area contributed by atoms with Gasteiger partial charge in [-0.15, -0.1) is 0 Å².